The van der Waals surface area contributed by atoms with E-state index in [2.05, 4.69) is 10.2 Å². The van der Waals surface area contributed by atoms with Crippen molar-refractivity contribution in [2.75, 3.05) is 26.2 Å². The highest BCUT2D eigenvalue weighted by atomic mass is 35.5. The maximum atomic E-state index is 11.2. The summed E-state index contributed by atoms with van der Waals surface area (Å²) in [4.78, 5) is 13.3. The molecule has 1 N–H and O–H groups in total. The largest absolute Gasteiger partial charge is 0.314 e. The lowest BCUT2D eigenvalue weighted by atomic mass is 9.80. The minimum Gasteiger partial charge on any atom is -0.314 e. The highest BCUT2D eigenvalue weighted by molar-refractivity contribution is 6.31. The fourth-order valence-electron chi connectivity index (χ4n) is 4.03. The Bertz CT molecular complexity index is 544. The molecule has 8 heteroatoms. The summed E-state index contributed by atoms with van der Waals surface area (Å²) in [5.74, 6) is 0.543. The number of piperazine rings is 1. The number of hydrogen-bond donors (Lipinski definition) is 1. The monoisotopic (exact) mass is 409 g/mol. The number of benzene rings is 1. The molecule has 5 nitrogen and oxygen atoms in total. The first kappa shape index (κ1) is 22.5. The topological polar surface area (TPSA) is 58.4 Å². The second kappa shape index (κ2) is 10.5. The number of halogens is 3. The lowest BCUT2D eigenvalue weighted by Crippen LogP contribution is -2.47. The Morgan fingerprint density at radius 3 is 2.40 bits per heavy atom. The zero-order valence-corrected chi connectivity index (χ0v) is 16.5. The molecule has 1 heterocycles. The number of rotatable bonds is 4. The molecule has 1 aromatic rings. The van der Waals surface area contributed by atoms with Crippen LogP contribution in [0.3, 0.4) is 0 Å². The minimum absolute atomic E-state index is 0. The van der Waals surface area contributed by atoms with Gasteiger partial charge in [0.15, 0.2) is 0 Å². The average Bonchev–Trinajstić information content (AvgIpc) is 2.58. The van der Waals surface area contributed by atoms with Crippen molar-refractivity contribution in [3.8, 4) is 0 Å². The van der Waals surface area contributed by atoms with Gasteiger partial charge in [-0.05, 0) is 30.4 Å². The average molecular weight is 411 g/mol. The summed E-state index contributed by atoms with van der Waals surface area (Å²) in [6.45, 7) is 3.88. The van der Waals surface area contributed by atoms with E-state index in [0.29, 0.717) is 10.9 Å². The molecular formula is C17H26Cl3N3O2. The molecule has 25 heavy (non-hydrogen) atoms. The second-order valence-electron chi connectivity index (χ2n) is 6.59. The predicted octanol–water partition coefficient (Wildman–Crippen LogP) is 4.62. The molecule has 142 valence electrons. The Labute approximate surface area is 166 Å². The van der Waals surface area contributed by atoms with E-state index in [1.165, 1.54) is 38.2 Å². The summed E-state index contributed by atoms with van der Waals surface area (Å²) in [7, 11) is 0. The summed E-state index contributed by atoms with van der Waals surface area (Å²) < 4.78 is 0. The van der Waals surface area contributed by atoms with Crippen LogP contribution in [0.1, 0.15) is 43.7 Å². The van der Waals surface area contributed by atoms with Crippen molar-refractivity contribution in [1.29, 1.82) is 0 Å². The Hall–Kier alpha value is -0.590. The molecule has 2 aliphatic rings. The van der Waals surface area contributed by atoms with Gasteiger partial charge in [-0.3, -0.25) is 15.0 Å². The third kappa shape index (κ3) is 5.44. The number of hydrogen-bond acceptors (Lipinski definition) is 4. The molecule has 0 aromatic heterocycles. The van der Waals surface area contributed by atoms with Crippen LogP contribution in [0, 0.1) is 16.0 Å². The van der Waals surface area contributed by atoms with Gasteiger partial charge in [-0.1, -0.05) is 30.9 Å². The molecule has 1 saturated heterocycles. The van der Waals surface area contributed by atoms with Gasteiger partial charge in [-0.25, -0.2) is 0 Å². The van der Waals surface area contributed by atoms with Crippen molar-refractivity contribution in [3.05, 3.63) is 38.9 Å². The molecule has 1 aliphatic heterocycles. The van der Waals surface area contributed by atoms with E-state index in [0.717, 1.165) is 31.7 Å². The third-order valence-electron chi connectivity index (χ3n) is 5.15. The molecule has 0 spiro atoms. The number of nitrogens with zero attached hydrogens (tertiary/aromatic N) is 2. The lowest BCUT2D eigenvalue weighted by molar-refractivity contribution is -0.385. The van der Waals surface area contributed by atoms with Crippen molar-refractivity contribution in [3.63, 3.8) is 0 Å². The van der Waals surface area contributed by atoms with Gasteiger partial charge in [0, 0.05) is 49.4 Å². The molecule has 1 aliphatic carbocycles. The summed E-state index contributed by atoms with van der Waals surface area (Å²) in [5.41, 5.74) is 1.08. The molecule has 0 amide bonds. The maximum Gasteiger partial charge on any atom is 0.269 e. The highest BCUT2D eigenvalue weighted by Gasteiger charge is 2.33. The Morgan fingerprint density at radius 2 is 1.80 bits per heavy atom. The van der Waals surface area contributed by atoms with E-state index in [1.54, 1.807) is 12.1 Å². The van der Waals surface area contributed by atoms with Gasteiger partial charge in [-0.2, -0.15) is 0 Å². The third-order valence-corrected chi connectivity index (χ3v) is 5.49. The molecule has 0 radical (unpaired) electrons. The molecular weight excluding hydrogens is 385 g/mol. The number of nitro groups is 1. The van der Waals surface area contributed by atoms with Crippen LogP contribution in [0.4, 0.5) is 5.69 Å². The van der Waals surface area contributed by atoms with E-state index in [9.17, 15) is 10.1 Å². The summed E-state index contributed by atoms with van der Waals surface area (Å²) in [6.07, 6.45) is 6.17. The number of nitrogens with one attached hydrogen (secondary N) is 1. The zero-order chi connectivity index (χ0) is 16.2. The fourth-order valence-corrected chi connectivity index (χ4v) is 4.26. The van der Waals surface area contributed by atoms with Gasteiger partial charge < -0.3 is 5.32 Å². The second-order valence-corrected chi connectivity index (χ2v) is 7.00. The zero-order valence-electron chi connectivity index (χ0n) is 14.2. The molecule has 0 bridgehead atoms. The molecule has 0 unspecified atom stereocenters. The first-order valence-electron chi connectivity index (χ1n) is 8.55. The molecule has 1 aromatic carbocycles. The van der Waals surface area contributed by atoms with Crippen LogP contribution in [-0.2, 0) is 0 Å². The number of non-ortho nitro benzene ring substituents is 1. The van der Waals surface area contributed by atoms with Crippen LogP contribution in [0.25, 0.3) is 0 Å². The fraction of sp³-hybridized carbons (Fsp3) is 0.647. The van der Waals surface area contributed by atoms with E-state index in [-0.39, 0.29) is 41.5 Å². The lowest BCUT2D eigenvalue weighted by Gasteiger charge is -2.41. The van der Waals surface area contributed by atoms with Gasteiger partial charge in [0.2, 0.25) is 0 Å². The Kier molecular flexibility index (Phi) is 9.46. The van der Waals surface area contributed by atoms with Gasteiger partial charge >= 0.3 is 0 Å². The molecule has 1 saturated carbocycles. The first-order chi connectivity index (χ1) is 11.2. The SMILES string of the molecule is Cl.Cl.O=[N+]([O-])c1ccc(Cl)c([C@@H](C2CCCCC2)N2CCNCC2)c1. The van der Waals surface area contributed by atoms with Gasteiger partial charge in [-0.15, -0.1) is 24.8 Å². The van der Waals surface area contributed by atoms with Crippen LogP contribution in [0.5, 0.6) is 0 Å². The predicted molar refractivity (Wildman–Crippen MR) is 106 cm³/mol. The van der Waals surface area contributed by atoms with Gasteiger partial charge in [0.1, 0.15) is 0 Å². The van der Waals surface area contributed by atoms with Crippen LogP contribution in [-0.4, -0.2) is 36.0 Å². The van der Waals surface area contributed by atoms with Crippen molar-refractivity contribution in [2.24, 2.45) is 5.92 Å². The van der Waals surface area contributed by atoms with E-state index in [1.807, 2.05) is 0 Å². The van der Waals surface area contributed by atoms with Crippen LogP contribution in [0.15, 0.2) is 18.2 Å². The standard InChI is InChI=1S/C17H24ClN3O2.2ClH/c18-16-7-6-14(21(22)23)12-15(16)17(13-4-2-1-3-5-13)20-10-8-19-9-11-20;;/h6-7,12-13,17,19H,1-5,8-11H2;2*1H/t17-;;/m1../s1. The van der Waals surface area contributed by atoms with Crippen LogP contribution >= 0.6 is 36.4 Å². The van der Waals surface area contributed by atoms with E-state index < -0.39 is 0 Å². The van der Waals surface area contributed by atoms with Gasteiger partial charge in [0.05, 0.1) is 4.92 Å². The first-order valence-corrected chi connectivity index (χ1v) is 8.93. The smallest absolute Gasteiger partial charge is 0.269 e. The van der Waals surface area contributed by atoms with Crippen molar-refractivity contribution < 1.29 is 4.92 Å². The maximum absolute atomic E-state index is 11.2. The highest BCUT2D eigenvalue weighted by Crippen LogP contribution is 2.41. The van der Waals surface area contributed by atoms with Crippen molar-refractivity contribution >= 4 is 42.1 Å². The van der Waals surface area contributed by atoms with Crippen molar-refractivity contribution in [1.82, 2.24) is 10.2 Å². The van der Waals surface area contributed by atoms with Gasteiger partial charge in [0.25, 0.3) is 5.69 Å². The van der Waals surface area contributed by atoms with E-state index >= 15 is 0 Å². The minimum atomic E-state index is -0.324. The number of nitro benzene ring substituents is 1. The Morgan fingerprint density at radius 1 is 1.16 bits per heavy atom. The van der Waals surface area contributed by atoms with Crippen LogP contribution in [0.2, 0.25) is 5.02 Å². The molecule has 3 rings (SSSR count). The van der Waals surface area contributed by atoms with Crippen molar-refractivity contribution in [2.45, 2.75) is 38.1 Å². The molecule has 1 atom stereocenters. The summed E-state index contributed by atoms with van der Waals surface area (Å²) in [6, 6.07) is 5.09. The molecule has 2 fully saturated rings. The summed E-state index contributed by atoms with van der Waals surface area (Å²) in [5, 5.41) is 15.2. The quantitative estimate of drug-likeness (QED) is 0.581. The van der Waals surface area contributed by atoms with E-state index in [4.69, 9.17) is 11.6 Å². The van der Waals surface area contributed by atoms with Crippen LogP contribution < -0.4 is 5.32 Å². The Balaban J connectivity index is 0.00000156. The normalized spacial score (nSPS) is 20.2. The summed E-state index contributed by atoms with van der Waals surface area (Å²) >= 11 is 6.47.